The van der Waals surface area contributed by atoms with Crippen LogP contribution in [-0.2, 0) is 5.41 Å². The maximum atomic E-state index is 14.3. The SMILES string of the molecule is CC(C)(C)c1ccccc1C(Br)c1cc(Cl)c(Br)cc1F. The first-order valence-corrected chi connectivity index (χ1v) is 8.68. The van der Waals surface area contributed by atoms with Crippen LogP contribution in [0.2, 0.25) is 5.02 Å². The Balaban J connectivity index is 2.56. The molecule has 21 heavy (non-hydrogen) atoms. The van der Waals surface area contributed by atoms with Crippen LogP contribution in [0.1, 0.15) is 42.3 Å². The molecule has 0 aliphatic rings. The van der Waals surface area contributed by atoms with E-state index in [1.54, 1.807) is 6.07 Å². The van der Waals surface area contributed by atoms with Crippen molar-refractivity contribution in [2.24, 2.45) is 0 Å². The Hall–Kier alpha value is -0.380. The lowest BCUT2D eigenvalue weighted by Crippen LogP contribution is -2.15. The molecule has 0 radical (unpaired) electrons. The average Bonchev–Trinajstić information content (AvgIpc) is 2.41. The molecule has 0 bridgehead atoms. The molecule has 0 aromatic heterocycles. The summed E-state index contributed by atoms with van der Waals surface area (Å²) in [5.74, 6) is -0.281. The molecule has 112 valence electrons. The largest absolute Gasteiger partial charge is 0.207 e. The first-order valence-electron chi connectivity index (χ1n) is 6.59. The fraction of sp³-hybridized carbons (Fsp3) is 0.294. The van der Waals surface area contributed by atoms with E-state index in [-0.39, 0.29) is 16.1 Å². The quantitative estimate of drug-likeness (QED) is 0.352. The summed E-state index contributed by atoms with van der Waals surface area (Å²) in [6.07, 6.45) is 0. The molecule has 0 aliphatic heterocycles. The van der Waals surface area contributed by atoms with Crippen LogP contribution >= 0.6 is 43.5 Å². The second-order valence-electron chi connectivity index (χ2n) is 5.99. The van der Waals surface area contributed by atoms with Crippen molar-refractivity contribution in [1.29, 1.82) is 0 Å². The van der Waals surface area contributed by atoms with Crippen LogP contribution < -0.4 is 0 Å². The van der Waals surface area contributed by atoms with E-state index in [0.29, 0.717) is 15.1 Å². The predicted octanol–water partition coefficient (Wildman–Crippen LogP) is 7.02. The molecule has 2 rings (SSSR count). The Bertz CT molecular complexity index is 662. The molecule has 0 saturated carbocycles. The molecule has 1 atom stereocenters. The molecule has 0 nitrogen and oxygen atoms in total. The Morgan fingerprint density at radius 3 is 2.33 bits per heavy atom. The molecular weight excluding hydrogens is 418 g/mol. The lowest BCUT2D eigenvalue weighted by Gasteiger charge is -2.25. The predicted molar refractivity (Wildman–Crippen MR) is 95.0 cm³/mol. The van der Waals surface area contributed by atoms with E-state index in [0.717, 1.165) is 5.56 Å². The second-order valence-corrected chi connectivity index (χ2v) is 8.16. The molecule has 0 N–H and O–H groups in total. The van der Waals surface area contributed by atoms with Crippen molar-refractivity contribution in [3.63, 3.8) is 0 Å². The molecule has 2 aromatic carbocycles. The van der Waals surface area contributed by atoms with Crippen molar-refractivity contribution in [2.45, 2.75) is 31.0 Å². The molecule has 1 unspecified atom stereocenters. The highest BCUT2D eigenvalue weighted by atomic mass is 79.9. The first kappa shape index (κ1) is 17.0. The summed E-state index contributed by atoms with van der Waals surface area (Å²) in [7, 11) is 0. The molecule has 0 fully saturated rings. The first-order chi connectivity index (χ1) is 9.71. The summed E-state index contributed by atoms with van der Waals surface area (Å²) in [6.45, 7) is 6.45. The van der Waals surface area contributed by atoms with E-state index < -0.39 is 0 Å². The van der Waals surface area contributed by atoms with E-state index in [1.807, 2.05) is 18.2 Å². The summed E-state index contributed by atoms with van der Waals surface area (Å²) >= 11 is 13.0. The number of hydrogen-bond donors (Lipinski definition) is 0. The number of benzene rings is 2. The lowest BCUT2D eigenvalue weighted by molar-refractivity contribution is 0.580. The normalized spacial score (nSPS) is 13.3. The van der Waals surface area contributed by atoms with Gasteiger partial charge >= 0.3 is 0 Å². The molecule has 0 aliphatic carbocycles. The van der Waals surface area contributed by atoms with Gasteiger partial charge in [0.15, 0.2) is 0 Å². The molecule has 0 heterocycles. The topological polar surface area (TPSA) is 0 Å². The highest BCUT2D eigenvalue weighted by Crippen LogP contribution is 2.40. The van der Waals surface area contributed by atoms with E-state index in [1.165, 1.54) is 11.6 Å². The van der Waals surface area contributed by atoms with Gasteiger partial charge in [-0.1, -0.05) is 72.6 Å². The Kier molecular flexibility index (Phi) is 5.17. The van der Waals surface area contributed by atoms with Crippen LogP contribution in [0.4, 0.5) is 4.39 Å². The minimum Gasteiger partial charge on any atom is -0.207 e. The molecule has 2 aromatic rings. The van der Waals surface area contributed by atoms with Crippen LogP contribution in [0.25, 0.3) is 0 Å². The Morgan fingerprint density at radius 1 is 1.10 bits per heavy atom. The summed E-state index contributed by atoms with van der Waals surface area (Å²) in [6, 6.07) is 11.2. The third kappa shape index (κ3) is 3.69. The highest BCUT2D eigenvalue weighted by molar-refractivity contribution is 9.10. The smallest absolute Gasteiger partial charge is 0.129 e. The van der Waals surface area contributed by atoms with E-state index >= 15 is 0 Å². The summed E-state index contributed by atoms with van der Waals surface area (Å²) in [5, 5.41) is 0.504. The van der Waals surface area contributed by atoms with E-state index in [2.05, 4.69) is 58.7 Å². The monoisotopic (exact) mass is 432 g/mol. The molecule has 0 saturated heterocycles. The minimum absolute atomic E-state index is 0.0156. The number of alkyl halides is 1. The molecular formula is C17H16Br2ClF. The van der Waals surface area contributed by atoms with Crippen LogP contribution in [-0.4, -0.2) is 0 Å². The zero-order valence-corrected chi connectivity index (χ0v) is 16.0. The summed E-state index contributed by atoms with van der Waals surface area (Å²) < 4.78 is 14.8. The van der Waals surface area contributed by atoms with Crippen molar-refractivity contribution in [3.05, 3.63) is 68.4 Å². The van der Waals surface area contributed by atoms with Crippen LogP contribution in [0, 0.1) is 5.82 Å². The lowest BCUT2D eigenvalue weighted by atomic mass is 9.82. The van der Waals surface area contributed by atoms with Crippen LogP contribution in [0.15, 0.2) is 40.9 Å². The van der Waals surface area contributed by atoms with Gasteiger partial charge in [0.25, 0.3) is 0 Å². The number of rotatable bonds is 2. The van der Waals surface area contributed by atoms with Crippen LogP contribution in [0.5, 0.6) is 0 Å². The second kappa shape index (κ2) is 6.39. The fourth-order valence-electron chi connectivity index (χ4n) is 2.30. The third-order valence-corrected chi connectivity index (χ3v) is 5.54. The van der Waals surface area contributed by atoms with Crippen molar-refractivity contribution in [3.8, 4) is 0 Å². The van der Waals surface area contributed by atoms with Gasteiger partial charge in [0.05, 0.1) is 9.85 Å². The third-order valence-electron chi connectivity index (χ3n) is 3.35. The summed E-state index contributed by atoms with van der Waals surface area (Å²) in [4.78, 5) is -0.237. The van der Waals surface area contributed by atoms with E-state index in [4.69, 9.17) is 11.6 Å². The van der Waals surface area contributed by atoms with Crippen LogP contribution in [0.3, 0.4) is 0 Å². The zero-order chi connectivity index (χ0) is 15.8. The fourth-order valence-corrected chi connectivity index (χ4v) is 3.54. The van der Waals surface area contributed by atoms with Gasteiger partial charge in [0.1, 0.15) is 5.82 Å². The zero-order valence-electron chi connectivity index (χ0n) is 12.1. The maximum Gasteiger partial charge on any atom is 0.129 e. The van der Waals surface area contributed by atoms with E-state index in [9.17, 15) is 4.39 Å². The minimum atomic E-state index is -0.281. The van der Waals surface area contributed by atoms with Crippen molar-refractivity contribution >= 4 is 43.5 Å². The average molecular weight is 435 g/mol. The Morgan fingerprint density at radius 2 is 1.71 bits per heavy atom. The van der Waals surface area contributed by atoms with Gasteiger partial charge in [-0.2, -0.15) is 0 Å². The van der Waals surface area contributed by atoms with Gasteiger partial charge in [0.2, 0.25) is 0 Å². The highest BCUT2D eigenvalue weighted by Gasteiger charge is 2.24. The van der Waals surface area contributed by atoms with Crippen molar-refractivity contribution < 1.29 is 4.39 Å². The number of halogens is 4. The molecule has 4 heteroatoms. The van der Waals surface area contributed by atoms with Gasteiger partial charge in [-0.05, 0) is 44.6 Å². The van der Waals surface area contributed by atoms with Gasteiger partial charge in [-0.3, -0.25) is 0 Å². The van der Waals surface area contributed by atoms with Gasteiger partial charge in [-0.15, -0.1) is 0 Å². The molecule has 0 amide bonds. The summed E-state index contributed by atoms with van der Waals surface area (Å²) in [5.41, 5.74) is 2.77. The van der Waals surface area contributed by atoms with Crippen molar-refractivity contribution in [1.82, 2.24) is 0 Å². The standard InChI is InChI=1S/C17H16Br2ClF/c1-17(2,3)12-7-5-4-6-10(12)16(19)11-8-14(20)13(18)9-15(11)21/h4-9,16H,1-3H3. The maximum absolute atomic E-state index is 14.3. The number of hydrogen-bond acceptors (Lipinski definition) is 0. The molecule has 0 spiro atoms. The van der Waals surface area contributed by atoms with Gasteiger partial charge in [-0.25, -0.2) is 4.39 Å². The van der Waals surface area contributed by atoms with Crippen molar-refractivity contribution in [2.75, 3.05) is 0 Å². The van der Waals surface area contributed by atoms with Gasteiger partial charge in [0, 0.05) is 10.0 Å². The Labute approximate surface area is 147 Å². The van der Waals surface area contributed by atoms with Gasteiger partial charge < -0.3 is 0 Å².